The molecule has 2 heterocycles. The molecule has 0 bridgehead atoms. The fourth-order valence-corrected chi connectivity index (χ4v) is 3.53. The van der Waals surface area contributed by atoms with Crippen LogP contribution in [0.15, 0.2) is 0 Å². The minimum Gasteiger partial charge on any atom is -0.464 e. The number of esters is 1. The molecule has 0 saturated carbocycles. The molecule has 14 heteroatoms. The Balaban J connectivity index is 2.45. The lowest BCUT2D eigenvalue weighted by Gasteiger charge is -2.39. The van der Waals surface area contributed by atoms with Gasteiger partial charge >= 0.3 is 30.1 Å². The normalized spacial score (nSPS) is 26.6. The number of fused-ring (bicyclic) bond motifs is 1. The Morgan fingerprint density at radius 2 is 1.57 bits per heavy atom. The molecule has 0 radical (unpaired) electrons. The van der Waals surface area contributed by atoms with E-state index in [1.165, 1.54) is 6.92 Å². The average molecular weight is 431 g/mol. The van der Waals surface area contributed by atoms with Crippen molar-refractivity contribution in [3.63, 3.8) is 0 Å². The molecule has 1 amide bonds. The van der Waals surface area contributed by atoms with Crippen LogP contribution >= 0.6 is 0 Å². The van der Waals surface area contributed by atoms with Crippen LogP contribution in [0, 0.1) is 0 Å². The predicted molar refractivity (Wildman–Crippen MR) is 70.7 cm³/mol. The number of rotatable bonds is 4. The molecule has 2 aliphatic heterocycles. The zero-order chi connectivity index (χ0) is 21.8. The monoisotopic (exact) mass is 431 g/mol. The highest BCUT2D eigenvalue weighted by atomic mass is 19.4. The standard InChI is InChI=1S/C14H14F9NO4/c1-2-27-9(26)10-4-3-8(25)24(10)6-7(5-10)28-11(12(15,16)17,13(18,19)20)14(21,22)23/h7H,2-6H2,1H3/t7-,10+/m0/s1. The maximum Gasteiger partial charge on any atom is 0.435 e. The third-order valence-electron chi connectivity index (χ3n) is 4.72. The Hall–Kier alpha value is -1.73. The topological polar surface area (TPSA) is 55.8 Å². The van der Waals surface area contributed by atoms with E-state index in [0.29, 0.717) is 4.90 Å². The van der Waals surface area contributed by atoms with Crippen molar-refractivity contribution in [1.29, 1.82) is 0 Å². The SMILES string of the molecule is CCOC(=O)[C@]12CCC(=O)N1C[C@@H](OC(C(F)(F)F)(C(F)(F)F)C(F)(F)F)C2. The Kier molecular flexibility index (Phi) is 5.37. The average Bonchev–Trinajstić information content (AvgIpc) is 2.99. The van der Waals surface area contributed by atoms with Crippen LogP contribution in [0.5, 0.6) is 0 Å². The van der Waals surface area contributed by atoms with Crippen LogP contribution in [0.3, 0.4) is 0 Å². The van der Waals surface area contributed by atoms with Crippen LogP contribution in [0.4, 0.5) is 39.5 Å². The van der Waals surface area contributed by atoms with Crippen molar-refractivity contribution >= 4 is 11.9 Å². The molecule has 2 atom stereocenters. The third-order valence-corrected chi connectivity index (χ3v) is 4.72. The summed E-state index contributed by atoms with van der Waals surface area (Å²) in [7, 11) is 0. The Morgan fingerprint density at radius 3 is 2.00 bits per heavy atom. The van der Waals surface area contributed by atoms with E-state index >= 15 is 0 Å². The van der Waals surface area contributed by atoms with E-state index in [4.69, 9.17) is 4.74 Å². The van der Waals surface area contributed by atoms with E-state index in [0.717, 1.165) is 0 Å². The van der Waals surface area contributed by atoms with Gasteiger partial charge in [0.25, 0.3) is 0 Å². The van der Waals surface area contributed by atoms with Crippen LogP contribution in [-0.2, 0) is 19.1 Å². The first-order valence-electron chi connectivity index (χ1n) is 7.89. The Morgan fingerprint density at radius 1 is 1.07 bits per heavy atom. The highest BCUT2D eigenvalue weighted by molar-refractivity contribution is 5.92. The zero-order valence-electron chi connectivity index (χ0n) is 14.1. The molecule has 28 heavy (non-hydrogen) atoms. The number of amides is 1. The van der Waals surface area contributed by atoms with Crippen LogP contribution in [0.25, 0.3) is 0 Å². The van der Waals surface area contributed by atoms with E-state index in [1.54, 1.807) is 0 Å². The molecular weight excluding hydrogens is 417 g/mol. The van der Waals surface area contributed by atoms with Gasteiger partial charge in [0.05, 0.1) is 12.7 Å². The number of alkyl halides is 9. The van der Waals surface area contributed by atoms with Crippen LogP contribution in [-0.4, -0.2) is 65.7 Å². The molecule has 2 fully saturated rings. The van der Waals surface area contributed by atoms with Gasteiger partial charge in [-0.25, -0.2) is 4.79 Å². The van der Waals surface area contributed by atoms with E-state index in [9.17, 15) is 49.1 Å². The summed E-state index contributed by atoms with van der Waals surface area (Å²) >= 11 is 0. The number of hydrogen-bond donors (Lipinski definition) is 0. The summed E-state index contributed by atoms with van der Waals surface area (Å²) in [6.45, 7) is 0.105. The van der Waals surface area contributed by atoms with Crippen LogP contribution < -0.4 is 0 Å². The molecule has 162 valence electrons. The van der Waals surface area contributed by atoms with Gasteiger partial charge in [0.1, 0.15) is 5.54 Å². The van der Waals surface area contributed by atoms with Gasteiger partial charge in [-0.2, -0.15) is 39.5 Å². The molecule has 2 aliphatic rings. The molecule has 0 aromatic rings. The first-order chi connectivity index (χ1) is 12.5. The van der Waals surface area contributed by atoms with Gasteiger partial charge in [-0.15, -0.1) is 0 Å². The molecule has 0 unspecified atom stereocenters. The number of halogens is 9. The highest BCUT2D eigenvalue weighted by Crippen LogP contribution is 2.56. The molecule has 0 spiro atoms. The van der Waals surface area contributed by atoms with Crippen LogP contribution in [0.2, 0.25) is 0 Å². The fraction of sp³-hybridized carbons (Fsp3) is 0.857. The predicted octanol–water partition coefficient (Wildman–Crippen LogP) is 3.13. The van der Waals surface area contributed by atoms with E-state index in [2.05, 4.69) is 4.74 Å². The Labute approximate surface area is 151 Å². The second-order valence-corrected chi connectivity index (χ2v) is 6.37. The van der Waals surface area contributed by atoms with E-state index < -0.39 is 60.6 Å². The van der Waals surface area contributed by atoms with Crippen molar-refractivity contribution in [2.24, 2.45) is 0 Å². The van der Waals surface area contributed by atoms with Crippen molar-refractivity contribution in [3.05, 3.63) is 0 Å². The fourth-order valence-electron chi connectivity index (χ4n) is 3.53. The Bertz CT molecular complexity index is 606. The summed E-state index contributed by atoms with van der Waals surface area (Å²) in [5.41, 5.74) is -8.41. The minimum absolute atomic E-state index is 0.217. The molecule has 0 aromatic carbocycles. The largest absolute Gasteiger partial charge is 0.464 e. The van der Waals surface area contributed by atoms with Gasteiger partial charge in [0, 0.05) is 19.4 Å². The smallest absolute Gasteiger partial charge is 0.435 e. The van der Waals surface area contributed by atoms with Gasteiger partial charge < -0.3 is 14.4 Å². The number of carbonyl (C=O) groups is 2. The number of carbonyl (C=O) groups excluding carboxylic acids is 2. The lowest BCUT2D eigenvalue weighted by atomic mass is 9.92. The van der Waals surface area contributed by atoms with E-state index in [1.807, 2.05) is 0 Å². The maximum absolute atomic E-state index is 13.0. The zero-order valence-corrected chi connectivity index (χ0v) is 14.1. The molecule has 0 aliphatic carbocycles. The molecule has 2 saturated heterocycles. The van der Waals surface area contributed by atoms with Gasteiger partial charge in [-0.1, -0.05) is 0 Å². The minimum atomic E-state index is -6.89. The first kappa shape index (κ1) is 22.6. The van der Waals surface area contributed by atoms with Crippen molar-refractivity contribution in [1.82, 2.24) is 4.90 Å². The van der Waals surface area contributed by atoms with Crippen molar-refractivity contribution < 1.29 is 58.6 Å². The molecule has 0 N–H and O–H groups in total. The molecule has 2 rings (SSSR count). The lowest BCUT2D eigenvalue weighted by Crippen LogP contribution is -2.68. The quantitative estimate of drug-likeness (QED) is 0.507. The number of ether oxygens (including phenoxy) is 2. The summed E-state index contributed by atoms with van der Waals surface area (Å²) < 4.78 is 126. The molecule has 5 nitrogen and oxygen atoms in total. The maximum atomic E-state index is 13.0. The van der Waals surface area contributed by atoms with Crippen molar-refractivity contribution in [2.75, 3.05) is 13.2 Å². The van der Waals surface area contributed by atoms with Gasteiger partial charge in [-0.05, 0) is 13.3 Å². The number of hydrogen-bond acceptors (Lipinski definition) is 4. The van der Waals surface area contributed by atoms with E-state index in [-0.39, 0.29) is 19.4 Å². The van der Waals surface area contributed by atoms with Gasteiger partial charge in [-0.3, -0.25) is 4.79 Å². The van der Waals surface area contributed by atoms with Gasteiger partial charge in [0.2, 0.25) is 5.91 Å². The summed E-state index contributed by atoms with van der Waals surface area (Å²) in [5, 5.41) is 0. The van der Waals surface area contributed by atoms with Crippen LogP contribution in [0.1, 0.15) is 26.2 Å². The second kappa shape index (κ2) is 6.66. The van der Waals surface area contributed by atoms with Crippen molar-refractivity contribution in [2.45, 2.75) is 62.0 Å². The highest BCUT2D eigenvalue weighted by Gasteiger charge is 2.86. The lowest BCUT2D eigenvalue weighted by molar-refractivity contribution is -0.463. The molecule has 0 aromatic heterocycles. The first-order valence-corrected chi connectivity index (χ1v) is 7.89. The van der Waals surface area contributed by atoms with Gasteiger partial charge in [0.15, 0.2) is 0 Å². The number of nitrogens with zero attached hydrogens (tertiary/aromatic N) is 1. The summed E-state index contributed by atoms with van der Waals surface area (Å²) in [6, 6.07) is 0. The summed E-state index contributed by atoms with van der Waals surface area (Å²) in [6.07, 6.45) is -24.6. The van der Waals surface area contributed by atoms with Crippen molar-refractivity contribution in [3.8, 4) is 0 Å². The second-order valence-electron chi connectivity index (χ2n) is 6.37. The summed E-state index contributed by atoms with van der Waals surface area (Å²) in [5.74, 6) is -1.93. The third kappa shape index (κ3) is 3.18. The molecular formula is C14H14F9NO4. The summed E-state index contributed by atoms with van der Waals surface area (Å²) in [4.78, 5) is 24.7.